The van der Waals surface area contributed by atoms with Crippen LogP contribution in [0.4, 0.5) is 0 Å². The van der Waals surface area contributed by atoms with Gasteiger partial charge in [-0.05, 0) is 24.3 Å². The highest BCUT2D eigenvalue weighted by Gasteiger charge is 2.35. The summed E-state index contributed by atoms with van der Waals surface area (Å²) in [5.41, 5.74) is 6.99. The number of benzene rings is 1. The first-order chi connectivity index (χ1) is 8.59. The van der Waals surface area contributed by atoms with Gasteiger partial charge in [0.15, 0.2) is 0 Å². The average Bonchev–Trinajstić information content (AvgIpc) is 3.19. The van der Waals surface area contributed by atoms with Gasteiger partial charge in [0.2, 0.25) is 5.91 Å². The van der Waals surface area contributed by atoms with Crippen molar-refractivity contribution in [3.05, 3.63) is 35.9 Å². The normalized spacial score (nSPS) is 16.7. The van der Waals surface area contributed by atoms with E-state index in [1.54, 1.807) is 0 Å². The molecule has 0 spiro atoms. The minimum Gasteiger partial charge on any atom is -0.338 e. The van der Waals surface area contributed by atoms with E-state index < -0.39 is 6.04 Å². The number of carbonyl (C=O) groups excluding carboxylic acids is 1. The van der Waals surface area contributed by atoms with Crippen LogP contribution >= 0.6 is 0 Å². The van der Waals surface area contributed by atoms with E-state index >= 15 is 0 Å². The molecule has 3 nitrogen and oxygen atoms in total. The van der Waals surface area contributed by atoms with Gasteiger partial charge in [0.25, 0.3) is 0 Å². The lowest BCUT2D eigenvalue weighted by molar-refractivity contribution is -0.133. The molecule has 0 saturated heterocycles. The first-order valence-electron chi connectivity index (χ1n) is 6.70. The topological polar surface area (TPSA) is 46.3 Å². The minimum atomic E-state index is -0.523. The molecule has 1 aliphatic rings. The van der Waals surface area contributed by atoms with E-state index in [1.165, 1.54) is 0 Å². The van der Waals surface area contributed by atoms with Crippen LogP contribution in [0.5, 0.6) is 0 Å². The van der Waals surface area contributed by atoms with E-state index in [0.717, 1.165) is 24.9 Å². The first kappa shape index (κ1) is 13.1. The molecule has 1 saturated carbocycles. The third-order valence-corrected chi connectivity index (χ3v) is 3.26. The summed E-state index contributed by atoms with van der Waals surface area (Å²) in [5, 5.41) is 0. The van der Waals surface area contributed by atoms with E-state index in [1.807, 2.05) is 35.2 Å². The van der Waals surface area contributed by atoms with Gasteiger partial charge in [0.1, 0.15) is 6.04 Å². The van der Waals surface area contributed by atoms with Gasteiger partial charge in [0, 0.05) is 12.6 Å². The third-order valence-electron chi connectivity index (χ3n) is 3.26. The second-order valence-corrected chi connectivity index (χ2v) is 5.50. The van der Waals surface area contributed by atoms with Crippen molar-refractivity contribution in [2.45, 2.75) is 38.8 Å². The molecule has 1 atom stereocenters. The van der Waals surface area contributed by atoms with Gasteiger partial charge in [-0.15, -0.1) is 0 Å². The van der Waals surface area contributed by atoms with Crippen LogP contribution in [0.1, 0.15) is 38.3 Å². The van der Waals surface area contributed by atoms with Gasteiger partial charge < -0.3 is 10.6 Å². The summed E-state index contributed by atoms with van der Waals surface area (Å²) in [6.07, 6.45) is 2.25. The fourth-order valence-corrected chi connectivity index (χ4v) is 2.18. The number of nitrogens with two attached hydrogens (primary N) is 1. The van der Waals surface area contributed by atoms with Crippen molar-refractivity contribution in [1.29, 1.82) is 0 Å². The Morgan fingerprint density at radius 2 is 1.94 bits per heavy atom. The van der Waals surface area contributed by atoms with Gasteiger partial charge in [-0.25, -0.2) is 0 Å². The Kier molecular flexibility index (Phi) is 4.02. The summed E-state index contributed by atoms with van der Waals surface area (Å²) < 4.78 is 0. The lowest BCUT2D eigenvalue weighted by Gasteiger charge is -2.27. The molecule has 1 aromatic carbocycles. The Hall–Kier alpha value is -1.35. The third kappa shape index (κ3) is 3.10. The molecule has 0 aliphatic heterocycles. The zero-order valence-corrected chi connectivity index (χ0v) is 11.2. The summed E-state index contributed by atoms with van der Waals surface area (Å²) in [6.45, 7) is 5.08. The smallest absolute Gasteiger partial charge is 0.244 e. The highest BCUT2D eigenvalue weighted by molar-refractivity contribution is 5.83. The van der Waals surface area contributed by atoms with Crippen molar-refractivity contribution in [1.82, 2.24) is 4.90 Å². The molecule has 0 bridgehead atoms. The van der Waals surface area contributed by atoms with Crippen LogP contribution in [0, 0.1) is 5.92 Å². The number of amides is 1. The molecule has 98 valence electrons. The molecule has 0 unspecified atom stereocenters. The minimum absolute atomic E-state index is 0.0670. The van der Waals surface area contributed by atoms with E-state index in [2.05, 4.69) is 13.8 Å². The quantitative estimate of drug-likeness (QED) is 0.866. The first-order valence-corrected chi connectivity index (χ1v) is 6.70. The van der Waals surface area contributed by atoms with E-state index in [-0.39, 0.29) is 5.91 Å². The molecule has 2 rings (SSSR count). The van der Waals surface area contributed by atoms with Crippen molar-refractivity contribution in [2.75, 3.05) is 6.54 Å². The molecule has 1 amide bonds. The van der Waals surface area contributed by atoms with Crippen LogP contribution < -0.4 is 5.73 Å². The zero-order valence-electron chi connectivity index (χ0n) is 11.2. The monoisotopic (exact) mass is 246 g/mol. The van der Waals surface area contributed by atoms with Gasteiger partial charge in [-0.1, -0.05) is 44.2 Å². The van der Waals surface area contributed by atoms with Crippen LogP contribution in [0.2, 0.25) is 0 Å². The van der Waals surface area contributed by atoms with Gasteiger partial charge in [0.05, 0.1) is 0 Å². The van der Waals surface area contributed by atoms with Crippen molar-refractivity contribution in [3.8, 4) is 0 Å². The van der Waals surface area contributed by atoms with E-state index in [9.17, 15) is 4.79 Å². The predicted molar refractivity (Wildman–Crippen MR) is 72.9 cm³/mol. The Labute approximate surface area is 109 Å². The molecule has 0 aromatic heterocycles. The van der Waals surface area contributed by atoms with E-state index in [4.69, 9.17) is 5.73 Å². The fraction of sp³-hybridized carbons (Fsp3) is 0.533. The van der Waals surface area contributed by atoms with Crippen LogP contribution in [0.15, 0.2) is 30.3 Å². The number of rotatable bonds is 5. The summed E-state index contributed by atoms with van der Waals surface area (Å²) in [4.78, 5) is 14.4. The molecule has 1 fully saturated rings. The molecule has 1 aliphatic carbocycles. The highest BCUT2D eigenvalue weighted by Crippen LogP contribution is 2.29. The number of carbonyl (C=O) groups is 1. The Morgan fingerprint density at radius 1 is 1.33 bits per heavy atom. The van der Waals surface area contributed by atoms with Crippen LogP contribution in [-0.2, 0) is 4.79 Å². The fourth-order valence-electron chi connectivity index (χ4n) is 2.18. The Morgan fingerprint density at radius 3 is 2.44 bits per heavy atom. The van der Waals surface area contributed by atoms with Gasteiger partial charge in [-0.3, -0.25) is 4.79 Å². The van der Waals surface area contributed by atoms with E-state index in [0.29, 0.717) is 12.0 Å². The lowest BCUT2D eigenvalue weighted by atomic mass is 10.1. The molecule has 1 aromatic rings. The molecule has 3 heteroatoms. The number of nitrogens with zero attached hydrogens (tertiary/aromatic N) is 1. The second-order valence-electron chi connectivity index (χ2n) is 5.50. The van der Waals surface area contributed by atoms with Crippen molar-refractivity contribution < 1.29 is 4.79 Å². The lowest BCUT2D eigenvalue weighted by Crippen LogP contribution is -2.42. The second kappa shape index (κ2) is 5.53. The van der Waals surface area contributed by atoms with Crippen LogP contribution in [-0.4, -0.2) is 23.4 Å². The molecular formula is C15H22N2O. The molecule has 2 N–H and O–H groups in total. The summed E-state index contributed by atoms with van der Waals surface area (Å²) in [5.74, 6) is 0.551. The summed E-state index contributed by atoms with van der Waals surface area (Å²) in [7, 11) is 0. The van der Waals surface area contributed by atoms with Crippen molar-refractivity contribution in [3.63, 3.8) is 0 Å². The summed E-state index contributed by atoms with van der Waals surface area (Å²) in [6, 6.07) is 9.53. The standard InChI is InChI=1S/C15H22N2O/c1-11(2)10-17(13-8-9-13)15(18)14(16)12-6-4-3-5-7-12/h3-7,11,13-14H,8-10,16H2,1-2H3/t14-/m0/s1. The van der Waals surface area contributed by atoms with Gasteiger partial charge >= 0.3 is 0 Å². The van der Waals surface area contributed by atoms with Gasteiger partial charge in [-0.2, -0.15) is 0 Å². The van der Waals surface area contributed by atoms with Crippen molar-refractivity contribution >= 4 is 5.91 Å². The molecule has 18 heavy (non-hydrogen) atoms. The maximum Gasteiger partial charge on any atom is 0.244 e. The molecular weight excluding hydrogens is 224 g/mol. The maximum absolute atomic E-state index is 12.5. The average molecular weight is 246 g/mol. The predicted octanol–water partition coefficient (Wildman–Crippen LogP) is 2.33. The maximum atomic E-state index is 12.5. The molecule has 0 heterocycles. The largest absolute Gasteiger partial charge is 0.338 e. The van der Waals surface area contributed by atoms with Crippen LogP contribution in [0.25, 0.3) is 0 Å². The highest BCUT2D eigenvalue weighted by atomic mass is 16.2. The Balaban J connectivity index is 2.08. The van der Waals surface area contributed by atoms with Crippen molar-refractivity contribution in [2.24, 2.45) is 11.7 Å². The van der Waals surface area contributed by atoms with Crippen LogP contribution in [0.3, 0.4) is 0 Å². The summed E-state index contributed by atoms with van der Waals surface area (Å²) >= 11 is 0. The Bertz CT molecular complexity index is 398. The SMILES string of the molecule is CC(C)CN(C(=O)[C@@H](N)c1ccccc1)C1CC1. The zero-order chi connectivity index (χ0) is 13.1. The number of hydrogen-bond donors (Lipinski definition) is 1. The number of hydrogen-bond acceptors (Lipinski definition) is 2. The molecule has 0 radical (unpaired) electrons.